The van der Waals surface area contributed by atoms with Crippen LogP contribution in [-0.2, 0) is 27.0 Å². The van der Waals surface area contributed by atoms with E-state index in [9.17, 15) is 22.8 Å². The van der Waals surface area contributed by atoms with Crippen molar-refractivity contribution in [1.29, 1.82) is 0 Å². The molecule has 1 spiro atoms. The van der Waals surface area contributed by atoms with E-state index in [2.05, 4.69) is 4.90 Å². The molecule has 1 aromatic carbocycles. The molecule has 3 aliphatic heterocycles. The average molecular weight is 500 g/mol. The molecule has 3 saturated heterocycles. The highest BCUT2D eigenvalue weighted by molar-refractivity contribution is 6.07. The first-order valence-corrected chi connectivity index (χ1v) is 11.8. The fourth-order valence-corrected chi connectivity index (χ4v) is 5.22. The zero-order valence-electron chi connectivity index (χ0n) is 19.8. The Morgan fingerprint density at radius 2 is 1.69 bits per heavy atom. The van der Waals surface area contributed by atoms with E-state index in [1.807, 2.05) is 6.92 Å². The minimum atomic E-state index is -4.42. The number of alkyl halides is 3. The average Bonchev–Trinajstić information content (AvgIpc) is 3.02. The van der Waals surface area contributed by atoms with Crippen LogP contribution in [0, 0.1) is 5.92 Å². The summed E-state index contributed by atoms with van der Waals surface area (Å²) < 4.78 is 43.9. The standard InChI is InChI=1S/C23H30F3N3O3.CH2O2/c1-2-29-21(31)28(16-17-3-5-19(6-4-17)23(24,25)26)20(30)22(29)9-11-27(12-10-22)15-18-7-13-32-14-8-18;2-1-3/h3-6,18H,2,7-16H2,1H3;1H,(H,2,3). The number of amides is 3. The molecular weight excluding hydrogens is 467 g/mol. The van der Waals surface area contributed by atoms with Gasteiger partial charge in [0.2, 0.25) is 0 Å². The fraction of sp³-hybridized carbons (Fsp3) is 0.625. The number of hydrogen-bond acceptors (Lipinski definition) is 5. The minimum absolute atomic E-state index is 0.0140. The van der Waals surface area contributed by atoms with Crippen molar-refractivity contribution in [3.05, 3.63) is 35.4 Å². The molecule has 1 N–H and O–H groups in total. The van der Waals surface area contributed by atoms with E-state index in [0.29, 0.717) is 30.9 Å². The molecule has 3 heterocycles. The molecule has 8 nitrogen and oxygen atoms in total. The predicted molar refractivity (Wildman–Crippen MR) is 120 cm³/mol. The predicted octanol–water partition coefficient (Wildman–Crippen LogP) is 3.45. The molecule has 3 aliphatic rings. The summed E-state index contributed by atoms with van der Waals surface area (Å²) in [5.41, 5.74) is -1.09. The molecule has 11 heteroatoms. The normalized spacial score (nSPS) is 21.3. The Kier molecular flexibility index (Phi) is 8.76. The van der Waals surface area contributed by atoms with Crippen LogP contribution in [0.5, 0.6) is 0 Å². The molecule has 0 atom stereocenters. The van der Waals surface area contributed by atoms with Crippen molar-refractivity contribution in [3.63, 3.8) is 0 Å². The topological polar surface area (TPSA) is 90.4 Å². The first kappa shape index (κ1) is 26.9. The van der Waals surface area contributed by atoms with Gasteiger partial charge in [0.05, 0.1) is 12.1 Å². The van der Waals surface area contributed by atoms with Crippen molar-refractivity contribution in [2.75, 3.05) is 39.4 Å². The van der Waals surface area contributed by atoms with Gasteiger partial charge < -0.3 is 19.6 Å². The summed E-state index contributed by atoms with van der Waals surface area (Å²) in [4.78, 5) is 40.1. The maximum Gasteiger partial charge on any atom is 0.416 e. The number of rotatable bonds is 5. The summed E-state index contributed by atoms with van der Waals surface area (Å²) in [7, 11) is 0. The van der Waals surface area contributed by atoms with Gasteiger partial charge >= 0.3 is 12.2 Å². The molecule has 0 unspecified atom stereocenters. The number of likely N-dealkylation sites (N-methyl/N-ethyl adjacent to an activating group) is 1. The van der Waals surface area contributed by atoms with Crippen LogP contribution in [0.4, 0.5) is 18.0 Å². The molecule has 194 valence electrons. The number of benzene rings is 1. The first-order chi connectivity index (χ1) is 16.7. The largest absolute Gasteiger partial charge is 0.483 e. The molecule has 0 radical (unpaired) electrons. The van der Waals surface area contributed by atoms with Gasteiger partial charge in [0.25, 0.3) is 12.4 Å². The van der Waals surface area contributed by atoms with Gasteiger partial charge in [-0.15, -0.1) is 0 Å². The molecule has 4 rings (SSSR count). The smallest absolute Gasteiger partial charge is 0.416 e. The molecule has 0 bridgehead atoms. The van der Waals surface area contributed by atoms with E-state index >= 15 is 0 Å². The molecule has 1 aromatic rings. The van der Waals surface area contributed by atoms with Crippen molar-refractivity contribution in [2.45, 2.75) is 50.9 Å². The number of likely N-dealkylation sites (tertiary alicyclic amines) is 1. The number of imide groups is 1. The van der Waals surface area contributed by atoms with Crippen LogP contribution < -0.4 is 0 Å². The number of carboxylic acid groups (broad SMARTS) is 1. The second kappa shape index (κ2) is 11.4. The second-order valence-electron chi connectivity index (χ2n) is 9.11. The Balaban J connectivity index is 0.00000108. The van der Waals surface area contributed by atoms with Crippen LogP contribution in [0.1, 0.15) is 43.7 Å². The van der Waals surface area contributed by atoms with Crippen LogP contribution in [0.15, 0.2) is 24.3 Å². The summed E-state index contributed by atoms with van der Waals surface area (Å²) in [5, 5.41) is 6.89. The quantitative estimate of drug-likeness (QED) is 0.493. The van der Waals surface area contributed by atoms with Crippen molar-refractivity contribution in [3.8, 4) is 0 Å². The highest BCUT2D eigenvalue weighted by Gasteiger charge is 2.57. The third-order valence-corrected chi connectivity index (χ3v) is 7.10. The lowest BCUT2D eigenvalue weighted by Crippen LogP contribution is -2.57. The number of hydrogen-bond donors (Lipinski definition) is 1. The zero-order valence-corrected chi connectivity index (χ0v) is 19.8. The van der Waals surface area contributed by atoms with E-state index < -0.39 is 17.3 Å². The minimum Gasteiger partial charge on any atom is -0.483 e. The SMILES string of the molecule is CCN1C(=O)N(Cc2ccc(C(F)(F)F)cc2)C(=O)C12CCN(CC1CCOCC1)CC2.O=CO. The number of piperidine rings is 1. The molecule has 0 aromatic heterocycles. The molecular formula is C24H32F3N3O5. The van der Waals surface area contributed by atoms with Crippen LogP contribution in [0.3, 0.4) is 0 Å². The lowest BCUT2D eigenvalue weighted by molar-refractivity contribution is -0.138. The summed E-state index contributed by atoms with van der Waals surface area (Å²) >= 11 is 0. The van der Waals surface area contributed by atoms with Crippen molar-refractivity contribution < 1.29 is 37.4 Å². The number of carbonyl (C=O) groups excluding carboxylic acids is 2. The molecule has 0 aliphatic carbocycles. The van der Waals surface area contributed by atoms with Gasteiger partial charge in [-0.05, 0) is 56.2 Å². The third kappa shape index (κ3) is 5.95. The zero-order chi connectivity index (χ0) is 25.6. The number of urea groups is 1. The van der Waals surface area contributed by atoms with Crippen LogP contribution >= 0.6 is 0 Å². The van der Waals surface area contributed by atoms with Gasteiger partial charge in [-0.25, -0.2) is 4.79 Å². The summed E-state index contributed by atoms with van der Waals surface area (Å²) in [6, 6.07) is 4.29. The van der Waals surface area contributed by atoms with E-state index in [0.717, 1.165) is 57.8 Å². The van der Waals surface area contributed by atoms with Gasteiger partial charge in [0.15, 0.2) is 0 Å². The number of halogens is 3. The monoisotopic (exact) mass is 499 g/mol. The Labute approximate surface area is 202 Å². The Morgan fingerprint density at radius 3 is 2.20 bits per heavy atom. The molecule has 35 heavy (non-hydrogen) atoms. The van der Waals surface area contributed by atoms with Crippen molar-refractivity contribution in [1.82, 2.24) is 14.7 Å². The molecule has 0 saturated carbocycles. The lowest BCUT2D eigenvalue weighted by atomic mass is 9.85. The Morgan fingerprint density at radius 1 is 1.11 bits per heavy atom. The van der Waals surface area contributed by atoms with Gasteiger partial charge in [-0.2, -0.15) is 13.2 Å². The molecule has 3 fully saturated rings. The van der Waals surface area contributed by atoms with Crippen LogP contribution in [0.2, 0.25) is 0 Å². The summed E-state index contributed by atoms with van der Waals surface area (Å²) in [6.45, 7) is 6.12. The number of carbonyl (C=O) groups is 3. The van der Waals surface area contributed by atoms with Gasteiger partial charge in [-0.3, -0.25) is 14.5 Å². The van der Waals surface area contributed by atoms with Gasteiger partial charge in [-0.1, -0.05) is 12.1 Å². The lowest BCUT2D eigenvalue weighted by Gasteiger charge is -2.43. The first-order valence-electron chi connectivity index (χ1n) is 11.8. The highest BCUT2D eigenvalue weighted by atomic mass is 19.4. The number of nitrogens with zero attached hydrogens (tertiary/aromatic N) is 3. The highest BCUT2D eigenvalue weighted by Crippen LogP contribution is 2.38. The summed E-state index contributed by atoms with van der Waals surface area (Å²) in [5.74, 6) is 0.382. The van der Waals surface area contributed by atoms with E-state index in [1.165, 1.54) is 17.0 Å². The van der Waals surface area contributed by atoms with E-state index in [1.54, 1.807) is 4.90 Å². The van der Waals surface area contributed by atoms with Crippen molar-refractivity contribution in [2.24, 2.45) is 5.92 Å². The Hall–Kier alpha value is -2.66. The van der Waals surface area contributed by atoms with Crippen LogP contribution in [-0.4, -0.2) is 83.1 Å². The van der Waals surface area contributed by atoms with E-state index in [4.69, 9.17) is 14.6 Å². The summed E-state index contributed by atoms with van der Waals surface area (Å²) in [6.07, 6.45) is -1.14. The fourth-order valence-electron chi connectivity index (χ4n) is 5.22. The van der Waals surface area contributed by atoms with Gasteiger partial charge in [0.1, 0.15) is 5.54 Å². The second-order valence-corrected chi connectivity index (χ2v) is 9.11. The maximum absolute atomic E-state index is 13.4. The number of ether oxygens (including phenoxy) is 1. The van der Waals surface area contributed by atoms with Crippen molar-refractivity contribution >= 4 is 18.4 Å². The van der Waals surface area contributed by atoms with Gasteiger partial charge in [0, 0.05) is 39.4 Å². The van der Waals surface area contributed by atoms with Crippen LogP contribution in [0.25, 0.3) is 0 Å². The Bertz CT molecular complexity index is 879. The maximum atomic E-state index is 13.4. The van der Waals surface area contributed by atoms with E-state index in [-0.39, 0.29) is 25.0 Å². The third-order valence-electron chi connectivity index (χ3n) is 7.10. The molecule has 3 amide bonds.